The van der Waals surface area contributed by atoms with E-state index >= 15 is 0 Å². The van der Waals surface area contributed by atoms with E-state index in [9.17, 15) is 0 Å². The average molecular weight is 481 g/mol. The van der Waals surface area contributed by atoms with Gasteiger partial charge >= 0.3 is 0 Å². The molecule has 0 unspecified atom stereocenters. The molecule has 0 fully saturated rings. The van der Waals surface area contributed by atoms with Gasteiger partial charge in [-0.25, -0.2) is 0 Å². The van der Waals surface area contributed by atoms with E-state index in [2.05, 4.69) is 109 Å². The van der Waals surface area contributed by atoms with Crippen LogP contribution in [0.25, 0.3) is 0 Å². The highest BCUT2D eigenvalue weighted by Gasteiger charge is 2.28. The van der Waals surface area contributed by atoms with Crippen LogP contribution in [0.5, 0.6) is 0 Å². The molecule has 30 heavy (non-hydrogen) atoms. The molecule has 0 spiro atoms. The number of benzene rings is 3. The van der Waals surface area contributed by atoms with Gasteiger partial charge in [0.2, 0.25) is 0 Å². The molecule has 0 nitrogen and oxygen atoms in total. The van der Waals surface area contributed by atoms with E-state index in [0.29, 0.717) is 0 Å². The standard InChI is InChI=1S/C28H34BrP/c1-15-11-17(3)26(18(4)12-15)30(27-19(5)13-16(2)14-20(27)6)28-23(9)21(7)25(29)22(8)24(28)10/h11-14H,1-10H3. The van der Waals surface area contributed by atoms with Crippen LogP contribution in [0.2, 0.25) is 0 Å². The summed E-state index contributed by atoms with van der Waals surface area (Å²) in [6.45, 7) is 22.7. The van der Waals surface area contributed by atoms with Crippen LogP contribution in [0.4, 0.5) is 0 Å². The maximum atomic E-state index is 3.86. The number of hydrogen-bond acceptors (Lipinski definition) is 0. The minimum absolute atomic E-state index is 0.661. The Morgan fingerprint density at radius 1 is 0.467 bits per heavy atom. The Morgan fingerprint density at radius 3 is 1.07 bits per heavy atom. The Bertz CT molecular complexity index is 1020. The Labute approximate surface area is 193 Å². The van der Waals surface area contributed by atoms with Gasteiger partial charge in [-0.2, -0.15) is 0 Å². The SMILES string of the molecule is Cc1cc(C)c(P(c2c(C)cc(C)cc2C)c2c(C)c(C)c(Br)c(C)c2C)c(C)c1. The second-order valence-corrected chi connectivity index (χ2v) is 11.8. The van der Waals surface area contributed by atoms with E-state index in [0.717, 1.165) is 0 Å². The molecule has 0 heterocycles. The Morgan fingerprint density at radius 2 is 0.767 bits per heavy atom. The van der Waals surface area contributed by atoms with E-state index in [1.54, 1.807) is 0 Å². The molecule has 0 aliphatic heterocycles. The first-order valence-electron chi connectivity index (χ1n) is 10.7. The first-order chi connectivity index (χ1) is 14.0. The molecule has 0 aliphatic rings. The van der Waals surface area contributed by atoms with E-state index in [1.807, 2.05) is 0 Å². The summed E-state index contributed by atoms with van der Waals surface area (Å²) in [6.07, 6.45) is 0. The van der Waals surface area contributed by atoms with Crippen molar-refractivity contribution in [3.05, 3.63) is 84.4 Å². The third kappa shape index (κ3) is 3.92. The molecule has 3 aromatic carbocycles. The Kier molecular flexibility index (Phi) is 6.66. The van der Waals surface area contributed by atoms with E-state index in [-0.39, 0.29) is 0 Å². The van der Waals surface area contributed by atoms with Crippen LogP contribution in [0.1, 0.15) is 55.6 Å². The number of rotatable bonds is 3. The van der Waals surface area contributed by atoms with Gasteiger partial charge in [-0.1, -0.05) is 51.3 Å². The van der Waals surface area contributed by atoms with Gasteiger partial charge in [-0.15, -0.1) is 0 Å². The van der Waals surface area contributed by atoms with Crippen LogP contribution in [0, 0.1) is 69.2 Å². The van der Waals surface area contributed by atoms with Gasteiger partial charge in [0.25, 0.3) is 0 Å². The summed E-state index contributed by atoms with van der Waals surface area (Å²) in [5.74, 6) is 0. The zero-order valence-electron chi connectivity index (χ0n) is 20.1. The summed E-state index contributed by atoms with van der Waals surface area (Å²) >= 11 is 3.86. The third-order valence-electron chi connectivity index (χ3n) is 6.44. The molecule has 0 saturated carbocycles. The van der Waals surface area contributed by atoms with Crippen molar-refractivity contribution < 1.29 is 0 Å². The molecule has 0 bridgehead atoms. The normalized spacial score (nSPS) is 11.5. The average Bonchev–Trinajstić information content (AvgIpc) is 2.63. The van der Waals surface area contributed by atoms with Gasteiger partial charge in [0, 0.05) is 4.47 Å². The zero-order chi connectivity index (χ0) is 22.5. The maximum absolute atomic E-state index is 3.86. The predicted octanol–water partition coefficient (Wildman–Crippen LogP) is 7.29. The Balaban J connectivity index is 2.53. The maximum Gasteiger partial charge on any atom is 0.0239 e. The molecule has 0 radical (unpaired) electrons. The fourth-order valence-electron chi connectivity index (χ4n) is 4.97. The second-order valence-electron chi connectivity index (χ2n) is 8.99. The van der Waals surface area contributed by atoms with Crippen LogP contribution < -0.4 is 15.9 Å². The lowest BCUT2D eigenvalue weighted by Gasteiger charge is -2.31. The molecule has 158 valence electrons. The molecule has 0 aromatic heterocycles. The van der Waals surface area contributed by atoms with Crippen molar-refractivity contribution in [3.8, 4) is 0 Å². The topological polar surface area (TPSA) is 0 Å². The lowest BCUT2D eigenvalue weighted by atomic mass is 10.0. The molecule has 0 amide bonds. The first kappa shape index (κ1) is 23.2. The van der Waals surface area contributed by atoms with Crippen molar-refractivity contribution in [2.45, 2.75) is 69.2 Å². The van der Waals surface area contributed by atoms with Crippen LogP contribution in [0.3, 0.4) is 0 Å². The summed E-state index contributed by atoms with van der Waals surface area (Å²) in [5.41, 5.74) is 13.9. The molecular weight excluding hydrogens is 447 g/mol. The molecule has 0 atom stereocenters. The summed E-state index contributed by atoms with van der Waals surface area (Å²) in [6, 6.07) is 9.44. The van der Waals surface area contributed by atoms with E-state index in [4.69, 9.17) is 0 Å². The highest BCUT2D eigenvalue weighted by atomic mass is 79.9. The van der Waals surface area contributed by atoms with Crippen LogP contribution in [-0.2, 0) is 0 Å². The summed E-state index contributed by atoms with van der Waals surface area (Å²) in [5, 5.41) is 4.59. The highest BCUT2D eigenvalue weighted by molar-refractivity contribution is 9.10. The molecule has 0 saturated heterocycles. The lowest BCUT2D eigenvalue weighted by Crippen LogP contribution is -2.31. The molecular formula is C28H34BrP. The highest BCUT2D eigenvalue weighted by Crippen LogP contribution is 2.43. The smallest absolute Gasteiger partial charge is 0.0239 e. The summed E-state index contributed by atoms with van der Waals surface area (Å²) in [4.78, 5) is 0. The molecule has 3 aromatic rings. The van der Waals surface area contributed by atoms with Crippen LogP contribution in [0.15, 0.2) is 28.7 Å². The second kappa shape index (κ2) is 8.60. The van der Waals surface area contributed by atoms with E-state index < -0.39 is 7.92 Å². The number of aryl methyl sites for hydroxylation is 6. The predicted molar refractivity (Wildman–Crippen MR) is 140 cm³/mol. The van der Waals surface area contributed by atoms with Gasteiger partial charge < -0.3 is 0 Å². The van der Waals surface area contributed by atoms with Crippen molar-refractivity contribution >= 4 is 39.8 Å². The first-order valence-corrected chi connectivity index (χ1v) is 12.8. The molecule has 0 aliphatic carbocycles. The van der Waals surface area contributed by atoms with Crippen molar-refractivity contribution in [3.63, 3.8) is 0 Å². The van der Waals surface area contributed by atoms with Crippen LogP contribution in [-0.4, -0.2) is 0 Å². The third-order valence-corrected chi connectivity index (χ3v) is 11.0. The molecule has 3 rings (SSSR count). The van der Waals surface area contributed by atoms with Crippen molar-refractivity contribution in [1.29, 1.82) is 0 Å². The Hall–Kier alpha value is -1.43. The number of halogens is 1. The monoisotopic (exact) mass is 480 g/mol. The van der Waals surface area contributed by atoms with Gasteiger partial charge in [-0.05, 0) is 138 Å². The zero-order valence-corrected chi connectivity index (χ0v) is 22.6. The van der Waals surface area contributed by atoms with Gasteiger partial charge in [0.05, 0.1) is 0 Å². The minimum Gasteiger partial charge on any atom is -0.0557 e. The quantitative estimate of drug-likeness (QED) is 0.345. The molecule has 2 heteroatoms. The van der Waals surface area contributed by atoms with Crippen molar-refractivity contribution in [2.75, 3.05) is 0 Å². The minimum atomic E-state index is -0.661. The van der Waals surface area contributed by atoms with Crippen molar-refractivity contribution in [2.24, 2.45) is 0 Å². The summed E-state index contributed by atoms with van der Waals surface area (Å²) in [7, 11) is -0.661. The van der Waals surface area contributed by atoms with Crippen molar-refractivity contribution in [1.82, 2.24) is 0 Å². The van der Waals surface area contributed by atoms with Gasteiger partial charge in [0.15, 0.2) is 0 Å². The lowest BCUT2D eigenvalue weighted by molar-refractivity contribution is 1.24. The largest absolute Gasteiger partial charge is 0.0557 e. The van der Waals surface area contributed by atoms with Gasteiger partial charge in [-0.3, -0.25) is 0 Å². The molecule has 0 N–H and O–H groups in total. The number of hydrogen-bond donors (Lipinski definition) is 0. The van der Waals surface area contributed by atoms with E-state index in [1.165, 1.54) is 76.0 Å². The fourth-order valence-corrected chi connectivity index (χ4v) is 8.91. The van der Waals surface area contributed by atoms with Gasteiger partial charge in [0.1, 0.15) is 0 Å². The summed E-state index contributed by atoms with van der Waals surface area (Å²) < 4.78 is 1.26. The van der Waals surface area contributed by atoms with Crippen LogP contribution >= 0.6 is 23.9 Å². The fraction of sp³-hybridized carbons (Fsp3) is 0.357.